The molecule has 2 aliphatic heterocycles. The van der Waals surface area contributed by atoms with Crippen LogP contribution in [0.3, 0.4) is 0 Å². The molecule has 3 atom stereocenters. The van der Waals surface area contributed by atoms with Crippen LogP contribution in [0.15, 0.2) is 36.4 Å². The van der Waals surface area contributed by atoms with E-state index in [0.717, 1.165) is 6.54 Å². The average molecular weight is 470 g/mol. The minimum Gasteiger partial charge on any atom is -0.491 e. The lowest BCUT2D eigenvalue weighted by atomic mass is 10.0. The summed E-state index contributed by atoms with van der Waals surface area (Å²) in [6, 6.07) is 10.1. The maximum atomic E-state index is 13.2. The summed E-state index contributed by atoms with van der Waals surface area (Å²) in [4.78, 5) is 27.7. The molecule has 2 aromatic rings. The summed E-state index contributed by atoms with van der Waals surface area (Å²) in [5.41, 5.74) is 1.39. The number of fused-ring (bicyclic) bond motifs is 2. The predicted octanol–water partition coefficient (Wildman–Crippen LogP) is 2.76. The van der Waals surface area contributed by atoms with Gasteiger partial charge in [-0.25, -0.2) is 0 Å². The number of carbonyl (C=O) groups is 2. The van der Waals surface area contributed by atoms with Gasteiger partial charge in [0.2, 0.25) is 6.79 Å². The molecule has 0 radical (unpaired) electrons. The van der Waals surface area contributed by atoms with Gasteiger partial charge in [-0.2, -0.15) is 0 Å². The number of methoxy groups -OCH3 is 1. The second-order valence-corrected chi connectivity index (χ2v) is 8.79. The number of amides is 2. The fourth-order valence-corrected chi connectivity index (χ4v) is 3.97. The average Bonchev–Trinajstić information content (AvgIpc) is 3.31. The van der Waals surface area contributed by atoms with Crippen molar-refractivity contribution in [2.45, 2.75) is 26.0 Å². The third-order valence-electron chi connectivity index (χ3n) is 6.12. The van der Waals surface area contributed by atoms with E-state index in [0.29, 0.717) is 47.2 Å². The summed E-state index contributed by atoms with van der Waals surface area (Å²) in [7, 11) is 3.42. The quantitative estimate of drug-likeness (QED) is 0.713. The van der Waals surface area contributed by atoms with E-state index in [9.17, 15) is 9.59 Å². The molecule has 0 aliphatic carbocycles. The van der Waals surface area contributed by atoms with Crippen LogP contribution < -0.4 is 24.8 Å². The number of rotatable bonds is 3. The van der Waals surface area contributed by atoms with Crippen LogP contribution in [0.25, 0.3) is 0 Å². The van der Waals surface area contributed by atoms with Crippen LogP contribution >= 0.6 is 0 Å². The SMILES string of the molecule is CO[C@@H]1CN(C)C(=O)c2ccc(NC(=O)c3ccc4c(c3)OCO4)cc2OC[C@H](C)NC[C@H]1C. The third kappa shape index (κ3) is 5.26. The smallest absolute Gasteiger partial charge is 0.257 e. The van der Waals surface area contributed by atoms with Gasteiger partial charge in [0.05, 0.1) is 11.7 Å². The summed E-state index contributed by atoms with van der Waals surface area (Å²) < 4.78 is 22.3. The van der Waals surface area contributed by atoms with Crippen LogP contribution in [-0.4, -0.2) is 69.5 Å². The Morgan fingerprint density at radius 2 is 1.88 bits per heavy atom. The van der Waals surface area contributed by atoms with Gasteiger partial charge >= 0.3 is 0 Å². The van der Waals surface area contributed by atoms with Crippen molar-refractivity contribution in [3.8, 4) is 17.2 Å². The molecule has 2 aliphatic rings. The predicted molar refractivity (Wildman–Crippen MR) is 127 cm³/mol. The highest BCUT2D eigenvalue weighted by Gasteiger charge is 2.26. The number of ether oxygens (including phenoxy) is 4. The number of anilines is 1. The molecule has 2 aromatic carbocycles. The lowest BCUT2D eigenvalue weighted by Crippen LogP contribution is -2.44. The van der Waals surface area contributed by atoms with Crippen molar-refractivity contribution in [3.05, 3.63) is 47.5 Å². The first kappa shape index (κ1) is 23.8. The van der Waals surface area contributed by atoms with Crippen molar-refractivity contribution < 1.29 is 28.5 Å². The van der Waals surface area contributed by atoms with Crippen molar-refractivity contribution in [1.29, 1.82) is 0 Å². The second kappa shape index (κ2) is 10.3. The van der Waals surface area contributed by atoms with E-state index < -0.39 is 0 Å². The Morgan fingerprint density at radius 3 is 2.68 bits per heavy atom. The molecule has 34 heavy (non-hydrogen) atoms. The molecule has 0 spiro atoms. The number of benzene rings is 2. The van der Waals surface area contributed by atoms with Crippen LogP contribution in [-0.2, 0) is 4.74 Å². The minimum absolute atomic E-state index is 0.0620. The number of hydrogen-bond acceptors (Lipinski definition) is 7. The molecule has 2 heterocycles. The molecule has 0 aromatic heterocycles. The first-order valence-corrected chi connectivity index (χ1v) is 11.3. The van der Waals surface area contributed by atoms with Gasteiger partial charge in [-0.05, 0) is 43.2 Å². The lowest BCUT2D eigenvalue weighted by Gasteiger charge is -2.30. The van der Waals surface area contributed by atoms with Gasteiger partial charge in [0.25, 0.3) is 11.8 Å². The highest BCUT2D eigenvalue weighted by atomic mass is 16.7. The Bertz CT molecular complexity index is 1060. The number of hydrogen-bond donors (Lipinski definition) is 2. The second-order valence-electron chi connectivity index (χ2n) is 8.79. The monoisotopic (exact) mass is 469 g/mol. The highest BCUT2D eigenvalue weighted by Crippen LogP contribution is 2.33. The van der Waals surface area contributed by atoms with Crippen LogP contribution in [0.4, 0.5) is 5.69 Å². The van der Waals surface area contributed by atoms with Gasteiger partial charge in [0.1, 0.15) is 12.4 Å². The highest BCUT2D eigenvalue weighted by molar-refractivity contribution is 6.05. The fourth-order valence-electron chi connectivity index (χ4n) is 3.97. The van der Waals surface area contributed by atoms with E-state index in [2.05, 4.69) is 17.6 Å². The van der Waals surface area contributed by atoms with Crippen LogP contribution in [0.2, 0.25) is 0 Å². The Morgan fingerprint density at radius 1 is 1.09 bits per heavy atom. The standard InChI is InChI=1S/C25H31N3O6/c1-15-11-26-16(2)13-32-21-10-18(6-7-19(21)25(30)28(3)12-23(15)31-4)27-24(29)17-5-8-20-22(9-17)34-14-33-20/h5-10,15-16,23,26H,11-14H2,1-4H3,(H,27,29)/t15-,16+,23-/m1/s1. The minimum atomic E-state index is -0.304. The van der Waals surface area contributed by atoms with Crippen LogP contribution in [0.5, 0.6) is 17.2 Å². The molecule has 0 unspecified atom stereocenters. The van der Waals surface area contributed by atoms with E-state index in [1.54, 1.807) is 55.5 Å². The number of nitrogens with zero attached hydrogens (tertiary/aromatic N) is 1. The van der Waals surface area contributed by atoms with Crippen molar-refractivity contribution in [2.24, 2.45) is 5.92 Å². The molecule has 2 N–H and O–H groups in total. The van der Waals surface area contributed by atoms with Crippen molar-refractivity contribution in [3.63, 3.8) is 0 Å². The normalized spacial score (nSPS) is 22.8. The topological polar surface area (TPSA) is 98.4 Å². The molecular weight excluding hydrogens is 438 g/mol. The van der Waals surface area contributed by atoms with Gasteiger partial charge in [0, 0.05) is 50.6 Å². The number of nitrogens with one attached hydrogen (secondary N) is 2. The van der Waals surface area contributed by atoms with Crippen molar-refractivity contribution in [1.82, 2.24) is 10.2 Å². The summed E-state index contributed by atoms with van der Waals surface area (Å²) >= 11 is 0. The summed E-state index contributed by atoms with van der Waals surface area (Å²) in [6.07, 6.45) is -0.0993. The van der Waals surface area contributed by atoms with Gasteiger partial charge in [-0.15, -0.1) is 0 Å². The summed E-state index contributed by atoms with van der Waals surface area (Å²) in [6.45, 7) is 5.83. The van der Waals surface area contributed by atoms with Crippen molar-refractivity contribution >= 4 is 17.5 Å². The molecule has 0 saturated heterocycles. The van der Waals surface area contributed by atoms with Gasteiger partial charge in [-0.1, -0.05) is 6.92 Å². The Hall–Kier alpha value is -3.30. The van der Waals surface area contributed by atoms with Crippen molar-refractivity contribution in [2.75, 3.05) is 46.0 Å². The van der Waals surface area contributed by atoms with Crippen LogP contribution in [0.1, 0.15) is 34.6 Å². The van der Waals surface area contributed by atoms with E-state index >= 15 is 0 Å². The van der Waals surface area contributed by atoms with Crippen LogP contribution in [0, 0.1) is 5.92 Å². The van der Waals surface area contributed by atoms with Gasteiger partial charge in [-0.3, -0.25) is 9.59 Å². The molecule has 9 heteroatoms. The Balaban J connectivity index is 1.57. The maximum absolute atomic E-state index is 13.2. The summed E-state index contributed by atoms with van der Waals surface area (Å²) in [5.74, 6) is 1.31. The molecular formula is C25H31N3O6. The summed E-state index contributed by atoms with van der Waals surface area (Å²) in [5, 5.41) is 6.33. The molecule has 0 fully saturated rings. The van der Waals surface area contributed by atoms with E-state index in [1.807, 2.05) is 6.92 Å². The van der Waals surface area contributed by atoms with Gasteiger partial charge < -0.3 is 34.5 Å². The molecule has 4 rings (SSSR count). The lowest BCUT2D eigenvalue weighted by molar-refractivity contribution is 0.0281. The van der Waals surface area contributed by atoms with E-state index in [1.165, 1.54) is 0 Å². The van der Waals surface area contributed by atoms with Gasteiger partial charge in [0.15, 0.2) is 11.5 Å². The molecule has 2 amide bonds. The zero-order valence-electron chi connectivity index (χ0n) is 19.9. The Kier molecular flexibility index (Phi) is 7.23. The number of likely N-dealkylation sites (N-methyl/N-ethyl adjacent to an activating group) is 1. The zero-order chi connectivity index (χ0) is 24.2. The van der Waals surface area contributed by atoms with E-state index in [4.69, 9.17) is 18.9 Å². The Labute approximate surface area is 199 Å². The third-order valence-corrected chi connectivity index (χ3v) is 6.12. The molecule has 0 saturated carbocycles. The maximum Gasteiger partial charge on any atom is 0.257 e. The molecule has 0 bridgehead atoms. The first-order valence-electron chi connectivity index (χ1n) is 11.3. The largest absolute Gasteiger partial charge is 0.491 e. The fraction of sp³-hybridized carbons (Fsp3) is 0.440. The zero-order valence-corrected chi connectivity index (χ0v) is 19.9. The number of carbonyl (C=O) groups excluding carboxylic acids is 2. The molecule has 9 nitrogen and oxygen atoms in total. The molecule has 182 valence electrons. The van der Waals surface area contributed by atoms with E-state index in [-0.39, 0.29) is 36.7 Å². The first-order chi connectivity index (χ1) is 16.4.